The molecule has 0 bridgehead atoms. The molecule has 13 heavy (non-hydrogen) atoms. The highest BCUT2D eigenvalue weighted by atomic mass is 35.5. The first kappa shape index (κ1) is 8.19. The fraction of sp³-hybridized carbons (Fsp3) is 0.125. The zero-order valence-corrected chi connectivity index (χ0v) is 7.62. The third kappa shape index (κ3) is 1.19. The van der Waals surface area contributed by atoms with Crippen molar-refractivity contribution in [2.45, 2.75) is 6.92 Å². The number of hydrogen-bond acceptors (Lipinski definition) is 3. The lowest BCUT2D eigenvalue weighted by molar-refractivity contribution is 0.101. The smallest absolute Gasteiger partial charge is 0.181 e. The van der Waals surface area contributed by atoms with Crippen molar-refractivity contribution in [2.75, 3.05) is 0 Å². The van der Waals surface area contributed by atoms with Crippen LogP contribution < -0.4 is 0 Å². The maximum atomic E-state index is 11.1. The number of carbonyl (C=O) groups excluding carboxylic acids is 1. The molecule has 0 atom stereocenters. The number of carbonyl (C=O) groups is 1. The molecule has 0 unspecified atom stereocenters. The Balaban J connectivity index is 2.81. The lowest BCUT2D eigenvalue weighted by atomic mass is 10.3. The van der Waals surface area contributed by atoms with Crippen LogP contribution in [0.5, 0.6) is 0 Å². The maximum absolute atomic E-state index is 11.1. The summed E-state index contributed by atoms with van der Waals surface area (Å²) in [6.45, 7) is 1.43. The highest BCUT2D eigenvalue weighted by Gasteiger charge is 2.12. The Bertz CT molecular complexity index is 477. The summed E-state index contributed by atoms with van der Waals surface area (Å²) in [7, 11) is 0. The van der Waals surface area contributed by atoms with Crippen molar-refractivity contribution in [3.63, 3.8) is 0 Å². The second-order valence-corrected chi connectivity index (χ2v) is 2.97. The van der Waals surface area contributed by atoms with Crippen LogP contribution in [0.4, 0.5) is 0 Å². The Morgan fingerprint density at radius 2 is 2.38 bits per heavy atom. The van der Waals surface area contributed by atoms with Crippen molar-refractivity contribution in [1.29, 1.82) is 0 Å². The Labute approximate surface area is 79.2 Å². The molecule has 0 spiro atoms. The molecule has 66 valence electrons. The number of hydrogen-bond donors (Lipinski definition) is 0. The van der Waals surface area contributed by atoms with Gasteiger partial charge in [-0.2, -0.15) is 0 Å². The van der Waals surface area contributed by atoms with Gasteiger partial charge in [-0.1, -0.05) is 11.6 Å². The quantitative estimate of drug-likeness (QED) is 0.650. The van der Waals surface area contributed by atoms with Crippen LogP contribution in [0.15, 0.2) is 18.6 Å². The van der Waals surface area contributed by atoms with E-state index >= 15 is 0 Å². The van der Waals surface area contributed by atoms with Gasteiger partial charge in [0.25, 0.3) is 0 Å². The van der Waals surface area contributed by atoms with E-state index < -0.39 is 0 Å². The molecule has 0 saturated heterocycles. The summed E-state index contributed by atoms with van der Waals surface area (Å²) in [5.41, 5.74) is 0.917. The van der Waals surface area contributed by atoms with Gasteiger partial charge >= 0.3 is 0 Å². The van der Waals surface area contributed by atoms with E-state index in [4.69, 9.17) is 11.6 Å². The van der Waals surface area contributed by atoms with Crippen molar-refractivity contribution in [3.05, 3.63) is 29.4 Å². The van der Waals surface area contributed by atoms with Crippen molar-refractivity contribution in [3.8, 4) is 0 Å². The Hall–Kier alpha value is -1.42. The lowest BCUT2D eigenvalue weighted by Gasteiger charge is -1.90. The molecule has 0 saturated carbocycles. The fourth-order valence-corrected chi connectivity index (χ4v) is 1.40. The van der Waals surface area contributed by atoms with Gasteiger partial charge in [0.1, 0.15) is 22.8 Å². The molecule has 0 aliphatic heterocycles. The fourth-order valence-electron chi connectivity index (χ4n) is 1.10. The predicted molar refractivity (Wildman–Crippen MR) is 48.0 cm³/mol. The zero-order chi connectivity index (χ0) is 9.42. The largest absolute Gasteiger partial charge is 0.293 e. The molecule has 0 fully saturated rings. The summed E-state index contributed by atoms with van der Waals surface area (Å²) >= 11 is 5.89. The number of Topliss-reactive ketones (excluding diaryl/α,β-unsaturated/α-hetero) is 1. The molecule has 0 radical (unpaired) electrons. The average Bonchev–Trinajstić information content (AvgIpc) is 2.45. The average molecular weight is 196 g/mol. The normalized spacial score (nSPS) is 10.6. The predicted octanol–water partition coefficient (Wildman–Crippen LogP) is 1.59. The molecule has 0 aliphatic rings. The van der Waals surface area contributed by atoms with E-state index in [-0.39, 0.29) is 11.5 Å². The zero-order valence-electron chi connectivity index (χ0n) is 6.86. The van der Waals surface area contributed by atoms with Crippen LogP contribution in [0, 0.1) is 0 Å². The minimum atomic E-state index is -0.145. The Morgan fingerprint density at radius 1 is 1.62 bits per heavy atom. The number of imidazole rings is 1. The minimum absolute atomic E-state index is 0.145. The van der Waals surface area contributed by atoms with Gasteiger partial charge in [-0.05, 0) is 6.07 Å². The van der Waals surface area contributed by atoms with E-state index in [1.165, 1.54) is 13.3 Å². The first-order chi connectivity index (χ1) is 6.20. The number of aromatic nitrogens is 3. The molecule has 2 heterocycles. The topological polar surface area (TPSA) is 47.3 Å². The number of ketones is 1. The van der Waals surface area contributed by atoms with Crippen molar-refractivity contribution >= 4 is 23.0 Å². The molecule has 5 heteroatoms. The Kier molecular flexibility index (Phi) is 1.77. The number of halogens is 1. The summed E-state index contributed by atoms with van der Waals surface area (Å²) in [4.78, 5) is 19.0. The van der Waals surface area contributed by atoms with Gasteiger partial charge in [-0.15, -0.1) is 0 Å². The first-order valence-electron chi connectivity index (χ1n) is 3.68. The van der Waals surface area contributed by atoms with E-state index in [1.54, 1.807) is 16.7 Å². The summed E-state index contributed by atoms with van der Waals surface area (Å²) in [6.07, 6.45) is 3.12. The Morgan fingerprint density at radius 3 is 3.00 bits per heavy atom. The molecular weight excluding hydrogens is 190 g/mol. The molecule has 4 nitrogen and oxygen atoms in total. The molecular formula is C8H6ClN3O. The van der Waals surface area contributed by atoms with Crippen molar-refractivity contribution in [2.24, 2.45) is 0 Å². The minimum Gasteiger partial charge on any atom is -0.293 e. The third-order valence-electron chi connectivity index (χ3n) is 1.71. The molecule has 0 N–H and O–H groups in total. The van der Waals surface area contributed by atoms with Gasteiger partial charge in [0.05, 0.1) is 0 Å². The van der Waals surface area contributed by atoms with E-state index in [2.05, 4.69) is 9.97 Å². The highest BCUT2D eigenvalue weighted by molar-refractivity contribution is 6.32. The molecule has 0 aliphatic carbocycles. The molecule has 2 rings (SSSR count). The lowest BCUT2D eigenvalue weighted by Crippen LogP contribution is -1.92. The van der Waals surface area contributed by atoms with Crippen LogP contribution in [0.25, 0.3) is 5.65 Å². The highest BCUT2D eigenvalue weighted by Crippen LogP contribution is 2.17. The molecule has 0 aromatic carbocycles. The third-order valence-corrected chi connectivity index (χ3v) is 2.07. The summed E-state index contributed by atoms with van der Waals surface area (Å²) in [6, 6.07) is 1.69. The van der Waals surface area contributed by atoms with Crippen LogP contribution in [-0.4, -0.2) is 20.2 Å². The van der Waals surface area contributed by atoms with E-state index in [0.29, 0.717) is 10.8 Å². The van der Waals surface area contributed by atoms with Crippen molar-refractivity contribution in [1.82, 2.24) is 14.4 Å². The summed E-state index contributed by atoms with van der Waals surface area (Å²) in [5.74, 6) is -0.145. The van der Waals surface area contributed by atoms with Gasteiger partial charge in [0, 0.05) is 13.1 Å². The van der Waals surface area contributed by atoms with Crippen LogP contribution >= 0.6 is 11.6 Å². The SMILES string of the molecule is CC(=O)c1nc2ccncn2c1Cl. The maximum Gasteiger partial charge on any atom is 0.181 e. The van der Waals surface area contributed by atoms with Gasteiger partial charge in [-0.3, -0.25) is 9.20 Å². The number of nitrogens with zero attached hydrogens (tertiary/aromatic N) is 3. The summed E-state index contributed by atoms with van der Waals surface area (Å²) < 4.78 is 1.57. The monoisotopic (exact) mass is 195 g/mol. The van der Waals surface area contributed by atoms with Gasteiger partial charge < -0.3 is 0 Å². The van der Waals surface area contributed by atoms with E-state index in [0.717, 1.165) is 0 Å². The first-order valence-corrected chi connectivity index (χ1v) is 4.06. The van der Waals surface area contributed by atoms with E-state index in [9.17, 15) is 4.79 Å². The number of rotatable bonds is 1. The van der Waals surface area contributed by atoms with Crippen LogP contribution in [0.1, 0.15) is 17.4 Å². The molecule has 0 amide bonds. The van der Waals surface area contributed by atoms with Crippen LogP contribution in [-0.2, 0) is 0 Å². The number of fused-ring (bicyclic) bond motifs is 1. The van der Waals surface area contributed by atoms with Crippen molar-refractivity contribution < 1.29 is 4.79 Å². The van der Waals surface area contributed by atoms with Gasteiger partial charge in [0.2, 0.25) is 0 Å². The molecule has 2 aromatic rings. The van der Waals surface area contributed by atoms with Gasteiger partial charge in [-0.25, -0.2) is 9.97 Å². The van der Waals surface area contributed by atoms with Crippen LogP contribution in [0.2, 0.25) is 5.15 Å². The van der Waals surface area contributed by atoms with E-state index in [1.807, 2.05) is 0 Å². The molecule has 2 aromatic heterocycles. The second-order valence-electron chi connectivity index (χ2n) is 2.62. The second kappa shape index (κ2) is 2.81. The summed E-state index contributed by atoms with van der Waals surface area (Å²) in [5, 5.41) is 0.315. The van der Waals surface area contributed by atoms with Crippen LogP contribution in [0.3, 0.4) is 0 Å². The standard InChI is InChI=1S/C8H6ClN3O/c1-5(13)7-8(9)12-4-10-3-2-6(12)11-7/h2-4H,1H3. The van der Waals surface area contributed by atoms with Gasteiger partial charge in [0.15, 0.2) is 5.78 Å².